The molecular weight excluding hydrogens is 720 g/mol. The van der Waals surface area contributed by atoms with Crippen LogP contribution >= 0.6 is 0 Å². The summed E-state index contributed by atoms with van der Waals surface area (Å²) in [6.07, 6.45) is -20.0. The van der Waals surface area contributed by atoms with E-state index in [4.69, 9.17) is 4.74 Å². The van der Waals surface area contributed by atoms with E-state index in [0.717, 1.165) is 0 Å². The van der Waals surface area contributed by atoms with Crippen LogP contribution in [0, 0.1) is 11.3 Å². The fourth-order valence-corrected chi connectivity index (χ4v) is 6.53. The maximum atomic E-state index is 13.3. The number of carbonyl (C=O) groups is 3. The molecule has 2 aromatic carbocycles. The molecule has 2 saturated carbocycles. The first-order valence-electron chi connectivity index (χ1n) is 15.3. The van der Waals surface area contributed by atoms with Crippen molar-refractivity contribution in [3.05, 3.63) is 58.7 Å². The van der Waals surface area contributed by atoms with Crippen molar-refractivity contribution < 1.29 is 71.8 Å². The first kappa shape index (κ1) is 39.4. The molecule has 0 aromatic heterocycles. The smallest absolute Gasteiger partial charge is 0.416 e. The fourth-order valence-electron chi connectivity index (χ4n) is 6.53. The Kier molecular flexibility index (Phi) is 11.1. The Hall–Kier alpha value is -4.39. The van der Waals surface area contributed by atoms with E-state index in [9.17, 15) is 67.1 Å². The van der Waals surface area contributed by atoms with Crippen LogP contribution in [-0.4, -0.2) is 36.7 Å². The molecule has 0 spiro atoms. The zero-order valence-electron chi connectivity index (χ0n) is 26.3. The second-order valence-electron chi connectivity index (χ2n) is 12.3. The van der Waals surface area contributed by atoms with E-state index < -0.39 is 99.8 Å². The largest absolute Gasteiger partial charge is 0.466 e. The average Bonchev–Trinajstić information content (AvgIpc) is 2.99. The predicted molar refractivity (Wildman–Crippen MR) is 155 cm³/mol. The Balaban J connectivity index is 1.47. The van der Waals surface area contributed by atoms with E-state index in [1.807, 2.05) is 10.6 Å². The molecule has 2 aliphatic carbocycles. The van der Waals surface area contributed by atoms with E-state index in [0.29, 0.717) is 24.3 Å². The van der Waals surface area contributed by atoms with Crippen molar-refractivity contribution >= 4 is 29.4 Å². The van der Waals surface area contributed by atoms with Gasteiger partial charge in [0.15, 0.2) is 0 Å². The number of hydrogen-bond donors (Lipinski definition) is 4. The lowest BCUT2D eigenvalue weighted by molar-refractivity contribution is -0.165. The normalized spacial score (nSPS) is 22.7. The third-order valence-electron chi connectivity index (χ3n) is 8.84. The van der Waals surface area contributed by atoms with Gasteiger partial charge in [-0.25, -0.2) is 9.59 Å². The van der Waals surface area contributed by atoms with Gasteiger partial charge < -0.3 is 26.0 Å². The molecule has 0 radical (unpaired) electrons. The Morgan fingerprint density at radius 1 is 0.627 bits per heavy atom. The van der Waals surface area contributed by atoms with Gasteiger partial charge in [0.25, 0.3) is 0 Å². The van der Waals surface area contributed by atoms with Crippen LogP contribution in [0.1, 0.15) is 67.7 Å². The van der Waals surface area contributed by atoms with Gasteiger partial charge in [0.2, 0.25) is 0 Å². The molecule has 20 heteroatoms. The number of benzene rings is 2. The van der Waals surface area contributed by atoms with Crippen LogP contribution in [0.2, 0.25) is 0 Å². The second kappa shape index (κ2) is 14.3. The monoisotopic (exact) mass is 750 g/mol. The van der Waals surface area contributed by atoms with Gasteiger partial charge >= 0.3 is 42.7 Å². The minimum absolute atomic E-state index is 0.00921. The van der Waals surface area contributed by atoms with Crippen molar-refractivity contribution in [2.75, 3.05) is 17.2 Å². The van der Waals surface area contributed by atoms with Crippen molar-refractivity contribution in [3.63, 3.8) is 0 Å². The van der Waals surface area contributed by atoms with E-state index in [2.05, 4.69) is 10.6 Å². The molecule has 0 saturated heterocycles. The molecule has 0 bridgehead atoms. The third-order valence-corrected chi connectivity index (χ3v) is 8.84. The van der Waals surface area contributed by atoms with E-state index in [1.165, 1.54) is 0 Å². The molecule has 51 heavy (non-hydrogen) atoms. The molecule has 4 atom stereocenters. The van der Waals surface area contributed by atoms with Crippen molar-refractivity contribution in [1.82, 2.24) is 10.6 Å². The second-order valence-corrected chi connectivity index (χ2v) is 12.3. The highest BCUT2D eigenvalue weighted by Gasteiger charge is 2.53. The first-order chi connectivity index (χ1) is 23.4. The number of anilines is 2. The summed E-state index contributed by atoms with van der Waals surface area (Å²) >= 11 is 0. The number of amides is 4. The molecule has 8 nitrogen and oxygen atoms in total. The first-order valence-corrected chi connectivity index (χ1v) is 15.3. The Morgan fingerprint density at radius 3 is 1.25 bits per heavy atom. The number of nitrogens with one attached hydrogen (secondary N) is 4. The molecule has 0 heterocycles. The Labute approximate surface area is 281 Å². The molecule has 2 fully saturated rings. The maximum absolute atomic E-state index is 13.3. The van der Waals surface area contributed by atoms with Crippen LogP contribution in [0.5, 0.6) is 0 Å². The van der Waals surface area contributed by atoms with Gasteiger partial charge in [-0.15, -0.1) is 0 Å². The predicted octanol–water partition coefficient (Wildman–Crippen LogP) is 8.98. The van der Waals surface area contributed by atoms with Gasteiger partial charge in [-0.1, -0.05) is 0 Å². The van der Waals surface area contributed by atoms with E-state index in [1.54, 1.807) is 6.92 Å². The lowest BCUT2D eigenvalue weighted by Crippen LogP contribution is -2.55. The molecular formula is C31H30F12N4O4. The van der Waals surface area contributed by atoms with Crippen molar-refractivity contribution in [2.24, 2.45) is 11.3 Å². The molecule has 2 unspecified atom stereocenters. The minimum atomic E-state index is -5.16. The lowest BCUT2D eigenvalue weighted by Gasteiger charge is -2.49. The van der Waals surface area contributed by atoms with Gasteiger partial charge in [-0.05, 0) is 87.8 Å². The maximum Gasteiger partial charge on any atom is 0.416 e. The quantitative estimate of drug-likeness (QED) is 0.175. The summed E-state index contributed by atoms with van der Waals surface area (Å²) in [4.78, 5) is 38.7. The van der Waals surface area contributed by atoms with E-state index >= 15 is 0 Å². The molecule has 2 aliphatic rings. The molecule has 0 aliphatic heterocycles. The summed E-state index contributed by atoms with van der Waals surface area (Å²) in [6.45, 7) is 1.57. The number of hydrogen-bond acceptors (Lipinski definition) is 4. The molecule has 2 aromatic rings. The highest BCUT2D eigenvalue weighted by molar-refractivity contribution is 5.90. The highest BCUT2D eigenvalue weighted by atomic mass is 19.4. The number of esters is 1. The van der Waals surface area contributed by atoms with Crippen LogP contribution < -0.4 is 21.3 Å². The number of urea groups is 2. The van der Waals surface area contributed by atoms with Crippen molar-refractivity contribution in [2.45, 2.75) is 82.2 Å². The zero-order chi connectivity index (χ0) is 38.2. The molecule has 4 N–H and O–H groups in total. The fraction of sp³-hybridized carbons (Fsp3) is 0.516. The summed E-state index contributed by atoms with van der Waals surface area (Å²) in [5, 5.41) is 8.91. The Morgan fingerprint density at radius 2 is 0.961 bits per heavy atom. The van der Waals surface area contributed by atoms with Crippen molar-refractivity contribution in [3.8, 4) is 0 Å². The third kappa shape index (κ3) is 9.69. The number of alkyl halides is 12. The van der Waals surface area contributed by atoms with Gasteiger partial charge in [0.1, 0.15) is 0 Å². The van der Waals surface area contributed by atoms with Crippen molar-refractivity contribution in [1.29, 1.82) is 0 Å². The number of halogens is 12. The molecule has 282 valence electrons. The summed E-state index contributed by atoms with van der Waals surface area (Å²) < 4.78 is 164. The van der Waals surface area contributed by atoms with Crippen LogP contribution in [0.15, 0.2) is 36.4 Å². The van der Waals surface area contributed by atoms with Crippen LogP contribution in [0.3, 0.4) is 0 Å². The molecule has 4 amide bonds. The van der Waals surface area contributed by atoms with Gasteiger partial charge in [-0.3, -0.25) is 4.79 Å². The number of carbonyl (C=O) groups excluding carboxylic acids is 3. The number of rotatable bonds is 6. The lowest BCUT2D eigenvalue weighted by atomic mass is 9.57. The van der Waals surface area contributed by atoms with Crippen LogP contribution in [-0.2, 0) is 34.2 Å². The summed E-state index contributed by atoms with van der Waals surface area (Å²) in [6, 6.07) is -2.70. The molecule has 4 rings (SSSR count). The highest BCUT2D eigenvalue weighted by Crippen LogP contribution is 2.51. The zero-order valence-corrected chi connectivity index (χ0v) is 26.3. The van der Waals surface area contributed by atoms with Crippen LogP contribution in [0.25, 0.3) is 0 Å². The van der Waals surface area contributed by atoms with Crippen LogP contribution in [0.4, 0.5) is 73.6 Å². The number of ether oxygens (including phenoxy) is 1. The van der Waals surface area contributed by atoms with Gasteiger partial charge in [0.05, 0.1) is 34.3 Å². The number of fused-ring (bicyclic) bond motifs is 1. The van der Waals surface area contributed by atoms with Gasteiger partial charge in [-0.2, -0.15) is 52.7 Å². The minimum Gasteiger partial charge on any atom is -0.466 e. The summed E-state index contributed by atoms with van der Waals surface area (Å²) in [7, 11) is 0. The standard InChI is InChI=1S/C31H30F12N4O4/c1-2-51-24(48)27-5-3-20(44-25(49)46-22-11-16(28(32,33)34)7-17(12-22)29(35,36)37)9-15(27)10-21(4-6-27)45-26(50)47-23-13-18(30(38,39)40)8-19(14-23)31(41,42)43/h7-8,11-15,20-21H,2-6,9-10H2,1H3,(H2,44,46,49)(H2,45,47,50)/t15?,20-,21+,27?. The Bertz CT molecular complexity index is 1450. The average molecular weight is 751 g/mol. The SMILES string of the molecule is CCOC(=O)C12CC[C@@H](NC(=O)Nc3cc(C(F)(F)F)cc(C(F)(F)F)c3)CC1C[C@@H](NC(=O)Nc1cc(C(F)(F)F)cc(C(F)(F)F)c1)CC2. The summed E-state index contributed by atoms with van der Waals surface area (Å²) in [5.41, 5.74) is -9.28. The van der Waals surface area contributed by atoms with Gasteiger partial charge in [0, 0.05) is 23.5 Å². The topological polar surface area (TPSA) is 109 Å². The summed E-state index contributed by atoms with van der Waals surface area (Å²) in [5.74, 6) is -1.21. The van der Waals surface area contributed by atoms with E-state index in [-0.39, 0.29) is 57.3 Å².